The van der Waals surface area contributed by atoms with E-state index in [4.69, 9.17) is 14.2 Å². The third-order valence-corrected chi connectivity index (χ3v) is 20.2. The lowest BCUT2D eigenvalue weighted by atomic mass is 10.0. The first-order valence-corrected chi connectivity index (χ1v) is 37.4. The Hall–Kier alpha value is -13.5. The maximum Gasteiger partial charge on any atom is 0.279 e. The average Bonchev–Trinajstić information content (AvgIpc) is 0.768. The van der Waals surface area contributed by atoms with Gasteiger partial charge in [0.05, 0.1) is 64.8 Å². The molecule has 17 rings (SSSR count). The fraction of sp³-hybridized carbons (Fsp3) is 0.227. The van der Waals surface area contributed by atoms with Gasteiger partial charge in [-0.3, -0.25) is 19.2 Å². The number of anilines is 8. The molecule has 5 aliphatic heterocycles. The van der Waals surface area contributed by atoms with E-state index in [1.54, 1.807) is 0 Å². The SMILES string of the molecule is C=c1nc2c(c(=O)[nH]1)=Nc1cc(C)c(C)cc1N2CCC(O)c1ccccc1.C=c1nc2c(c(=O)[nH]1)=Nc1cc(C)c(C)cc1N2CCCc1c(F)cccc1F.C=c1nc2c(c(=O)[nH]1)=Nc1cc(C)c(C)cc1N2CCOCc1ccccc1.C=c1nc2c(c(=O)[nH]1)=Nc1cc3c(cc1N2CCCc1ccccc1)OCCO3. The van der Waals surface area contributed by atoms with Crippen LogP contribution in [0.3, 0.4) is 0 Å². The minimum atomic E-state index is -0.611. The number of ether oxygens (including phenoxy) is 3. The first-order chi connectivity index (χ1) is 55.0. The van der Waals surface area contributed by atoms with Crippen molar-refractivity contribution in [3.8, 4) is 11.5 Å². The maximum atomic E-state index is 14.0. The van der Waals surface area contributed by atoms with Crippen LogP contribution in [0.5, 0.6) is 11.5 Å². The highest BCUT2D eigenvalue weighted by Crippen LogP contribution is 2.45. The number of aromatic nitrogens is 8. The number of aromatic amines is 4. The van der Waals surface area contributed by atoms with Crippen LogP contribution >= 0.6 is 0 Å². The predicted molar refractivity (Wildman–Crippen MR) is 438 cm³/mol. The summed E-state index contributed by atoms with van der Waals surface area (Å²) >= 11 is 0. The van der Waals surface area contributed by atoms with Gasteiger partial charge in [0.2, 0.25) is 0 Å². The number of H-pyrrole nitrogens is 4. The Morgan fingerprint density at radius 3 is 1.21 bits per heavy atom. The van der Waals surface area contributed by atoms with Gasteiger partial charge < -0.3 is 58.9 Å². The second kappa shape index (κ2) is 33.6. The minimum Gasteiger partial charge on any atom is -0.486 e. The monoisotopic (exact) mass is 1530 g/mol. The molecule has 0 bridgehead atoms. The molecule has 1 unspecified atom stereocenters. The largest absolute Gasteiger partial charge is 0.486 e. The fourth-order valence-electron chi connectivity index (χ4n) is 13.9. The van der Waals surface area contributed by atoms with E-state index in [9.17, 15) is 33.1 Å². The van der Waals surface area contributed by atoms with Crippen LogP contribution in [0.2, 0.25) is 0 Å². The number of nitrogens with one attached hydrogen (secondary N) is 4. The van der Waals surface area contributed by atoms with E-state index in [1.165, 1.54) is 23.8 Å². The molecule has 1 atom stereocenters. The van der Waals surface area contributed by atoms with Crippen molar-refractivity contribution < 1.29 is 28.1 Å². The third-order valence-electron chi connectivity index (χ3n) is 20.2. The van der Waals surface area contributed by atoms with Crippen molar-refractivity contribution in [1.82, 2.24) is 39.9 Å². The molecule has 5 N–H and O–H groups in total. The number of aryl methyl sites for hydroxylation is 7. The standard InChI is InChI=1S/C22H20F2N4O.C22H20N4O3.2C22H22N4O2/c1-12-10-18-19(11-13(12)2)28(21-20(27-18)22(29)26-14(3)25-21)9-5-6-15-16(23)7-4-8-17(15)24;1-14-23-21-20(22(27)24-14)25-16-12-18-19(29-11-10-28-18)13-17(16)26(21)9-5-8-15-6-3-2-4-7-15;1-14-11-18-19(12-15(14)2)26(9-10-28-13-17-7-5-4-6-8-17)21-20(25-18)22(27)24-16(3)23-21;1-13-11-17-18(12-14(13)2)26(10-9-19(27)16-7-5-4-6-8-16)21-20(25-17)22(28)24-15(3)23-21/h4,7-8,10-11H,3,5-6,9H2,1-2H3,(H,26,29);2-4,6-7,12-13H,1,5,8-11H2,(H,24,27);4-8,11-12H,3,9-10,13H2,1-2H3,(H,24,27);4-8,11-12,19,27H,3,9-10H2,1-2H3,(H,24,28). The van der Waals surface area contributed by atoms with E-state index in [0.717, 1.165) is 91.5 Å². The summed E-state index contributed by atoms with van der Waals surface area (Å²) < 4.78 is 45.2. The number of hydrogen-bond donors (Lipinski definition) is 5. The Morgan fingerprint density at radius 1 is 0.430 bits per heavy atom. The average molecular weight is 1530 g/mol. The molecule has 12 aromatic rings. The maximum absolute atomic E-state index is 14.0. The molecule has 0 amide bonds. The Balaban J connectivity index is 0.000000126. The Bertz CT molecular complexity index is 6450. The van der Waals surface area contributed by atoms with Gasteiger partial charge in [0.25, 0.3) is 22.2 Å². The molecule has 0 fully saturated rings. The molecule has 9 heterocycles. The lowest BCUT2D eigenvalue weighted by Crippen LogP contribution is -2.43. The Morgan fingerprint density at radius 2 is 0.781 bits per heavy atom. The minimum absolute atomic E-state index is 0.0615. The van der Waals surface area contributed by atoms with Crippen molar-refractivity contribution in [2.24, 2.45) is 20.0 Å². The summed E-state index contributed by atoms with van der Waals surface area (Å²) in [5, 5.41) is 11.7. The van der Waals surface area contributed by atoms with Gasteiger partial charge in [0, 0.05) is 43.9 Å². The van der Waals surface area contributed by atoms with Crippen LogP contribution in [0.25, 0.3) is 26.3 Å². The van der Waals surface area contributed by atoms with Crippen molar-refractivity contribution in [2.75, 3.05) is 65.6 Å². The molecule has 5 aliphatic rings. The number of nitrogens with zero attached hydrogens (tertiary/aromatic N) is 12. The van der Waals surface area contributed by atoms with Gasteiger partial charge in [0.15, 0.2) is 56.2 Å². The number of halogens is 2. The van der Waals surface area contributed by atoms with Gasteiger partial charge >= 0.3 is 0 Å². The molecule has 0 saturated carbocycles. The van der Waals surface area contributed by atoms with Gasteiger partial charge in [-0.25, -0.2) is 48.7 Å². The van der Waals surface area contributed by atoms with E-state index in [-0.39, 0.29) is 50.4 Å². The summed E-state index contributed by atoms with van der Waals surface area (Å²) in [7, 11) is 0. The summed E-state index contributed by atoms with van der Waals surface area (Å²) in [6.45, 7) is 31.4. The summed E-state index contributed by atoms with van der Waals surface area (Å²) in [4.78, 5) is 104. The molecular weight excluding hydrogens is 1450 g/mol. The molecule has 26 heteroatoms. The predicted octanol–water partition coefficient (Wildman–Crippen LogP) is 9.84. The van der Waals surface area contributed by atoms with Crippen LogP contribution < -0.4 is 94.7 Å². The van der Waals surface area contributed by atoms with Crippen molar-refractivity contribution in [2.45, 2.75) is 86.4 Å². The second-order valence-corrected chi connectivity index (χ2v) is 28.2. The van der Waals surface area contributed by atoms with Crippen LogP contribution in [0.1, 0.15) is 81.0 Å². The number of fused-ring (bicyclic) bond motifs is 9. The lowest BCUT2D eigenvalue weighted by molar-refractivity contribution is 0.128. The van der Waals surface area contributed by atoms with E-state index >= 15 is 0 Å². The molecular formula is C88H84F2N16O8. The van der Waals surface area contributed by atoms with Crippen molar-refractivity contribution in [3.63, 3.8) is 0 Å². The normalized spacial score (nSPS) is 13.0. The highest BCUT2D eigenvalue weighted by molar-refractivity contribution is 5.81. The van der Waals surface area contributed by atoms with Gasteiger partial charge in [-0.05, 0) is 172 Å². The number of benzene rings is 8. The van der Waals surface area contributed by atoms with Crippen LogP contribution in [0.4, 0.5) is 77.6 Å². The molecule has 114 heavy (non-hydrogen) atoms. The topological polar surface area (TPSA) is 293 Å². The fourth-order valence-corrected chi connectivity index (χ4v) is 13.9. The zero-order chi connectivity index (χ0) is 80.0. The highest BCUT2D eigenvalue weighted by atomic mass is 19.1. The lowest BCUT2D eigenvalue weighted by Gasteiger charge is -2.29. The second-order valence-electron chi connectivity index (χ2n) is 28.2. The third kappa shape index (κ3) is 16.9. The zero-order valence-corrected chi connectivity index (χ0v) is 64.0. The van der Waals surface area contributed by atoms with Crippen molar-refractivity contribution >= 4 is 95.1 Å². The summed E-state index contributed by atoms with van der Waals surface area (Å²) in [5.74, 6) is 2.14. The van der Waals surface area contributed by atoms with Crippen LogP contribution in [-0.2, 0) is 24.2 Å². The smallest absolute Gasteiger partial charge is 0.279 e. The van der Waals surface area contributed by atoms with Gasteiger partial charge in [-0.1, -0.05) is 123 Å². The van der Waals surface area contributed by atoms with Crippen LogP contribution in [0.15, 0.2) is 197 Å². The Kier molecular flexibility index (Phi) is 22.8. The molecule has 0 spiro atoms. The van der Waals surface area contributed by atoms with Crippen LogP contribution in [-0.4, -0.2) is 91.0 Å². The number of rotatable bonds is 17. The van der Waals surface area contributed by atoms with Crippen molar-refractivity contribution in [3.05, 3.63) is 310 Å². The highest BCUT2D eigenvalue weighted by Gasteiger charge is 2.30. The summed E-state index contributed by atoms with van der Waals surface area (Å²) in [6, 6.07) is 49.6. The van der Waals surface area contributed by atoms with Crippen molar-refractivity contribution in [1.29, 1.82) is 0 Å². The molecule has 24 nitrogen and oxygen atoms in total. The van der Waals surface area contributed by atoms with Gasteiger partial charge in [-0.15, -0.1) is 0 Å². The first kappa shape index (κ1) is 77.3. The van der Waals surface area contributed by atoms with Crippen LogP contribution in [0, 0.1) is 53.2 Å². The number of aliphatic hydroxyl groups excluding tert-OH is 1. The quantitative estimate of drug-likeness (QED) is 0.0530. The molecule has 0 radical (unpaired) electrons. The molecule has 0 saturated heterocycles. The molecule has 0 aliphatic carbocycles. The molecule has 8 aromatic carbocycles. The van der Waals surface area contributed by atoms with E-state index in [2.05, 4.69) is 117 Å². The zero-order valence-electron chi connectivity index (χ0n) is 64.0. The van der Waals surface area contributed by atoms with E-state index < -0.39 is 17.7 Å². The summed E-state index contributed by atoms with van der Waals surface area (Å²) in [6.07, 6.45) is 2.37. The number of hydrogen-bond acceptors (Lipinski definition) is 20. The summed E-state index contributed by atoms with van der Waals surface area (Å²) in [5.41, 5.74) is 16.2. The number of aliphatic hydroxyl groups is 1. The molecule has 578 valence electrons. The first-order valence-electron chi connectivity index (χ1n) is 37.4. The van der Waals surface area contributed by atoms with E-state index in [1.807, 2.05) is 169 Å². The van der Waals surface area contributed by atoms with Gasteiger partial charge in [-0.2, -0.15) is 0 Å². The molecule has 4 aromatic heterocycles. The van der Waals surface area contributed by atoms with Gasteiger partial charge in [0.1, 0.15) is 46.8 Å². The Labute approximate surface area is 653 Å². The van der Waals surface area contributed by atoms with E-state index in [0.29, 0.717) is 139 Å².